The van der Waals surface area contributed by atoms with E-state index in [4.69, 9.17) is 27.2 Å². The molecule has 8 nitrogen and oxygen atoms in total. The van der Waals surface area contributed by atoms with Crippen molar-refractivity contribution in [3.8, 4) is 0 Å². The lowest BCUT2D eigenvalue weighted by Gasteiger charge is -2.40. The van der Waals surface area contributed by atoms with Gasteiger partial charge in [0.25, 0.3) is 0 Å². The highest BCUT2D eigenvalue weighted by Gasteiger charge is 2.55. The van der Waals surface area contributed by atoms with Crippen molar-refractivity contribution in [3.63, 3.8) is 0 Å². The van der Waals surface area contributed by atoms with Crippen LogP contribution in [0.25, 0.3) is 5.65 Å². The molecule has 3 N–H and O–H groups in total. The highest BCUT2D eigenvalue weighted by molar-refractivity contribution is 7.99. The van der Waals surface area contributed by atoms with Crippen molar-refractivity contribution in [1.82, 2.24) is 29.9 Å². The van der Waals surface area contributed by atoms with Gasteiger partial charge in [-0.3, -0.25) is 4.98 Å². The number of rotatable bonds is 3. The first-order valence-electron chi connectivity index (χ1n) is 10.1. The molecule has 1 unspecified atom stereocenters. The minimum atomic E-state index is -0.223. The van der Waals surface area contributed by atoms with Crippen LogP contribution >= 0.6 is 23.4 Å². The lowest BCUT2D eigenvalue weighted by atomic mass is 9.69. The van der Waals surface area contributed by atoms with Gasteiger partial charge in [-0.15, -0.1) is 5.10 Å². The van der Waals surface area contributed by atoms with Gasteiger partial charge >= 0.3 is 0 Å². The van der Waals surface area contributed by atoms with Crippen LogP contribution in [0.2, 0.25) is 5.02 Å². The molecule has 0 aliphatic carbocycles. The van der Waals surface area contributed by atoms with E-state index < -0.39 is 0 Å². The number of aryl methyl sites for hydroxylation is 1. The predicted octanol–water partition coefficient (Wildman–Crippen LogP) is 2.79. The van der Waals surface area contributed by atoms with E-state index in [0.717, 1.165) is 48.0 Å². The molecule has 5 heterocycles. The maximum atomic E-state index is 6.65. The molecule has 2 aliphatic heterocycles. The smallest absolute Gasteiger partial charge is 0.214 e. The standard InChI is InChI=1S/C20H24ClN7OS/c1-11-15(21)13(3-7-24-11)30-19-26-14-4-8-25-18(28(14)27-19)17-20(5-9-23-10-6-20)16(22)12(2)29-17/h3-4,7-8,12,16-17,23H,5-6,9-10,22H2,1-2H3/t12-,16+,17?/m0/s1. The first kappa shape index (κ1) is 20.1. The summed E-state index contributed by atoms with van der Waals surface area (Å²) in [6.07, 6.45) is 5.14. The van der Waals surface area contributed by atoms with Gasteiger partial charge < -0.3 is 15.8 Å². The van der Waals surface area contributed by atoms with Crippen LogP contribution in [0, 0.1) is 12.3 Å². The summed E-state index contributed by atoms with van der Waals surface area (Å²) >= 11 is 7.82. The van der Waals surface area contributed by atoms with E-state index >= 15 is 0 Å². The zero-order valence-electron chi connectivity index (χ0n) is 16.9. The van der Waals surface area contributed by atoms with Gasteiger partial charge in [0.1, 0.15) is 6.10 Å². The molecular weight excluding hydrogens is 422 g/mol. The third-order valence-electron chi connectivity index (χ3n) is 6.30. The van der Waals surface area contributed by atoms with E-state index in [1.807, 2.05) is 26.0 Å². The van der Waals surface area contributed by atoms with E-state index in [1.165, 1.54) is 11.8 Å². The Kier molecular flexibility index (Phi) is 5.19. The number of nitrogens with two attached hydrogens (primary N) is 1. The van der Waals surface area contributed by atoms with Crippen molar-refractivity contribution in [2.75, 3.05) is 13.1 Å². The molecule has 158 valence electrons. The number of pyridine rings is 1. The van der Waals surface area contributed by atoms with Gasteiger partial charge in [0.2, 0.25) is 5.16 Å². The summed E-state index contributed by atoms with van der Waals surface area (Å²) in [5, 5.41) is 9.40. The Bertz CT molecular complexity index is 1080. The van der Waals surface area contributed by atoms with E-state index in [0.29, 0.717) is 10.2 Å². The minimum Gasteiger partial charge on any atom is -0.365 e. The molecule has 3 aromatic rings. The van der Waals surface area contributed by atoms with Crippen molar-refractivity contribution in [1.29, 1.82) is 0 Å². The first-order chi connectivity index (χ1) is 14.5. The van der Waals surface area contributed by atoms with Crippen molar-refractivity contribution in [2.24, 2.45) is 11.1 Å². The fourth-order valence-electron chi connectivity index (χ4n) is 4.62. The third-order valence-corrected chi connectivity index (χ3v) is 7.81. The Balaban J connectivity index is 1.55. The molecule has 0 bridgehead atoms. The number of ether oxygens (including phenoxy) is 1. The van der Waals surface area contributed by atoms with Gasteiger partial charge in [-0.1, -0.05) is 11.6 Å². The molecular formula is C20H24ClN7OS. The van der Waals surface area contributed by atoms with Crippen LogP contribution in [0.4, 0.5) is 0 Å². The van der Waals surface area contributed by atoms with E-state index in [1.54, 1.807) is 16.9 Å². The van der Waals surface area contributed by atoms with Gasteiger partial charge in [-0.25, -0.2) is 9.97 Å². The van der Waals surface area contributed by atoms with Crippen LogP contribution in [0.5, 0.6) is 0 Å². The summed E-state index contributed by atoms with van der Waals surface area (Å²) < 4.78 is 8.18. The Morgan fingerprint density at radius 1 is 1.27 bits per heavy atom. The van der Waals surface area contributed by atoms with E-state index in [-0.39, 0.29) is 23.7 Å². The average Bonchev–Trinajstić information content (AvgIpc) is 3.26. The zero-order valence-corrected chi connectivity index (χ0v) is 18.5. The van der Waals surface area contributed by atoms with Gasteiger partial charge in [0.15, 0.2) is 11.5 Å². The van der Waals surface area contributed by atoms with Crippen molar-refractivity contribution in [3.05, 3.63) is 41.1 Å². The number of piperidine rings is 1. The lowest BCUT2D eigenvalue weighted by molar-refractivity contribution is -0.00205. The quantitative estimate of drug-likeness (QED) is 0.634. The van der Waals surface area contributed by atoms with Crippen LogP contribution in [-0.2, 0) is 4.74 Å². The monoisotopic (exact) mass is 445 g/mol. The molecule has 3 atom stereocenters. The molecule has 2 fully saturated rings. The molecule has 2 aliphatic rings. The Morgan fingerprint density at radius 3 is 2.83 bits per heavy atom. The summed E-state index contributed by atoms with van der Waals surface area (Å²) in [5.74, 6) is 0.755. The van der Waals surface area contributed by atoms with Crippen LogP contribution < -0.4 is 11.1 Å². The number of halogens is 1. The number of aromatic nitrogens is 5. The molecule has 3 aromatic heterocycles. The second kappa shape index (κ2) is 7.72. The van der Waals surface area contributed by atoms with Gasteiger partial charge in [-0.2, -0.15) is 4.52 Å². The van der Waals surface area contributed by atoms with Crippen molar-refractivity contribution >= 4 is 29.0 Å². The van der Waals surface area contributed by atoms with Crippen molar-refractivity contribution < 1.29 is 4.74 Å². The summed E-state index contributed by atoms with van der Waals surface area (Å²) in [5.41, 5.74) is 8.00. The van der Waals surface area contributed by atoms with Crippen LogP contribution in [0.3, 0.4) is 0 Å². The molecule has 30 heavy (non-hydrogen) atoms. The largest absolute Gasteiger partial charge is 0.365 e. The van der Waals surface area contributed by atoms with Crippen molar-refractivity contribution in [2.45, 2.75) is 55.0 Å². The Morgan fingerprint density at radius 2 is 2.03 bits per heavy atom. The molecule has 5 rings (SSSR count). The summed E-state index contributed by atoms with van der Waals surface area (Å²) in [4.78, 5) is 14.4. The maximum Gasteiger partial charge on any atom is 0.214 e. The molecule has 2 saturated heterocycles. The molecule has 0 amide bonds. The molecule has 0 radical (unpaired) electrons. The van der Waals surface area contributed by atoms with E-state index in [2.05, 4.69) is 20.3 Å². The normalized spacial score (nSPS) is 25.9. The first-order valence-corrected chi connectivity index (χ1v) is 11.3. The fraction of sp³-hybridized carbons (Fsp3) is 0.500. The van der Waals surface area contributed by atoms with Gasteiger partial charge in [0, 0.05) is 34.8 Å². The fourth-order valence-corrected chi connectivity index (χ4v) is 5.67. The Hall–Kier alpha value is -1.78. The third kappa shape index (κ3) is 3.20. The summed E-state index contributed by atoms with van der Waals surface area (Å²) in [6, 6.07) is 3.68. The predicted molar refractivity (Wildman–Crippen MR) is 115 cm³/mol. The minimum absolute atomic E-state index is 0.0406. The number of hydrogen-bond acceptors (Lipinski definition) is 8. The van der Waals surface area contributed by atoms with E-state index in [9.17, 15) is 0 Å². The molecule has 1 spiro atoms. The average molecular weight is 446 g/mol. The number of hydrogen-bond donors (Lipinski definition) is 2. The second-order valence-electron chi connectivity index (χ2n) is 8.01. The molecule has 10 heteroatoms. The zero-order chi connectivity index (χ0) is 20.9. The highest BCUT2D eigenvalue weighted by Crippen LogP contribution is 2.52. The number of nitrogens with one attached hydrogen (secondary N) is 1. The summed E-state index contributed by atoms with van der Waals surface area (Å²) in [7, 11) is 0. The van der Waals surface area contributed by atoms with Gasteiger partial charge in [-0.05, 0) is 57.6 Å². The molecule has 0 saturated carbocycles. The topological polar surface area (TPSA) is 103 Å². The van der Waals surface area contributed by atoms with Gasteiger partial charge in [0.05, 0.1) is 16.8 Å². The number of fused-ring (bicyclic) bond motifs is 1. The van der Waals surface area contributed by atoms with Crippen LogP contribution in [-0.4, -0.2) is 49.8 Å². The SMILES string of the molecule is Cc1nccc(Sc2nc3ccnc(C4O[C@@H](C)[C@@H](N)C45CCNCC5)n3n2)c1Cl. The summed E-state index contributed by atoms with van der Waals surface area (Å²) in [6.45, 7) is 5.78. The number of nitrogens with zero attached hydrogens (tertiary/aromatic N) is 5. The molecule has 0 aromatic carbocycles. The lowest BCUT2D eigenvalue weighted by Crippen LogP contribution is -2.50. The maximum absolute atomic E-state index is 6.65. The van der Waals surface area contributed by atoms with Crippen LogP contribution in [0.15, 0.2) is 34.6 Å². The second-order valence-corrected chi connectivity index (χ2v) is 9.40. The Labute approximate surface area is 184 Å². The highest BCUT2D eigenvalue weighted by atomic mass is 35.5. The van der Waals surface area contributed by atoms with Crippen LogP contribution in [0.1, 0.15) is 37.4 Å².